The topological polar surface area (TPSA) is 106 Å². The number of H-pyrrole nitrogens is 1. The van der Waals surface area contributed by atoms with Gasteiger partial charge in [0.15, 0.2) is 0 Å². The number of rotatable bonds is 7. The minimum absolute atomic E-state index is 0.0239. The lowest BCUT2D eigenvalue weighted by Gasteiger charge is -2.40. The molecule has 5 aromatic rings. The Morgan fingerprint density at radius 2 is 1.84 bits per heavy atom. The fraction of sp³-hybridized carbons (Fsp3) is 0.294. The van der Waals surface area contributed by atoms with Crippen LogP contribution in [0.3, 0.4) is 0 Å². The first kappa shape index (κ1) is 27.1. The smallest absolute Gasteiger partial charge is 0.322 e. The lowest BCUT2D eigenvalue weighted by Crippen LogP contribution is -2.51. The number of hydrogen-bond acceptors (Lipinski definition) is 5. The molecule has 2 aliphatic rings. The number of anilines is 1. The van der Waals surface area contributed by atoms with Crippen molar-refractivity contribution in [2.24, 2.45) is 0 Å². The van der Waals surface area contributed by atoms with Gasteiger partial charge in [-0.05, 0) is 67.1 Å². The van der Waals surface area contributed by atoms with Crippen molar-refractivity contribution in [3.05, 3.63) is 101 Å². The third-order valence-corrected chi connectivity index (χ3v) is 8.78. The van der Waals surface area contributed by atoms with E-state index in [1.165, 1.54) is 0 Å². The van der Waals surface area contributed by atoms with E-state index in [1.54, 1.807) is 0 Å². The number of aromatic amines is 1. The highest BCUT2D eigenvalue weighted by molar-refractivity contribution is 5.92. The number of nitrogens with zero attached hydrogens (tertiary/aromatic N) is 4. The SMILES string of the molecule is Cc1cc(CC(NC(=O)CN2CCC(N3Cc4ccccc4NC3=O)CC2)c2ccc3ccccc3n2)cc2cn[nH]c12. The number of carbonyl (C=O) groups excluding carboxylic acids is 2. The van der Waals surface area contributed by atoms with Crippen LogP contribution in [-0.4, -0.2) is 62.6 Å². The molecule has 2 aliphatic heterocycles. The van der Waals surface area contributed by atoms with Crippen LogP contribution < -0.4 is 10.6 Å². The number of benzene rings is 3. The van der Waals surface area contributed by atoms with E-state index in [4.69, 9.17) is 4.98 Å². The Kier molecular flexibility index (Phi) is 7.24. The van der Waals surface area contributed by atoms with Gasteiger partial charge in [0.25, 0.3) is 0 Å². The average Bonchev–Trinajstić information content (AvgIpc) is 3.50. The Bertz CT molecular complexity index is 1810. The molecule has 0 radical (unpaired) electrons. The van der Waals surface area contributed by atoms with Gasteiger partial charge in [-0.3, -0.25) is 19.8 Å². The van der Waals surface area contributed by atoms with Gasteiger partial charge in [-0.15, -0.1) is 0 Å². The van der Waals surface area contributed by atoms with E-state index in [2.05, 4.69) is 56.9 Å². The van der Waals surface area contributed by atoms with Gasteiger partial charge in [0.05, 0.1) is 35.5 Å². The highest BCUT2D eigenvalue weighted by Crippen LogP contribution is 2.28. The molecule has 3 N–H and O–H groups in total. The molecule has 1 fully saturated rings. The second-order valence-electron chi connectivity index (χ2n) is 11.7. The number of fused-ring (bicyclic) bond motifs is 3. The molecule has 0 spiro atoms. The number of amides is 3. The van der Waals surface area contributed by atoms with E-state index in [0.717, 1.165) is 75.8 Å². The van der Waals surface area contributed by atoms with E-state index in [9.17, 15) is 9.59 Å². The number of para-hydroxylation sites is 2. The van der Waals surface area contributed by atoms with Crippen LogP contribution in [0.5, 0.6) is 0 Å². The Labute approximate surface area is 250 Å². The monoisotopic (exact) mass is 573 g/mol. The normalized spacial score (nSPS) is 16.7. The zero-order chi connectivity index (χ0) is 29.3. The first-order valence-corrected chi connectivity index (χ1v) is 15.0. The molecule has 9 heteroatoms. The summed E-state index contributed by atoms with van der Waals surface area (Å²) in [5.74, 6) is -0.0239. The molecule has 1 saturated heterocycles. The molecule has 2 aromatic heterocycles. The predicted molar refractivity (Wildman–Crippen MR) is 168 cm³/mol. The summed E-state index contributed by atoms with van der Waals surface area (Å²) in [5.41, 5.74) is 7.05. The number of carbonyl (C=O) groups is 2. The fourth-order valence-electron chi connectivity index (χ4n) is 6.52. The van der Waals surface area contributed by atoms with Crippen LogP contribution in [-0.2, 0) is 17.8 Å². The minimum Gasteiger partial charge on any atom is -0.346 e. The Morgan fingerprint density at radius 3 is 2.72 bits per heavy atom. The van der Waals surface area contributed by atoms with Crippen LogP contribution in [0.15, 0.2) is 79.0 Å². The first-order valence-electron chi connectivity index (χ1n) is 15.0. The molecule has 43 heavy (non-hydrogen) atoms. The lowest BCUT2D eigenvalue weighted by molar-refractivity contribution is -0.123. The van der Waals surface area contributed by atoms with Gasteiger partial charge in [-0.1, -0.05) is 48.5 Å². The molecule has 0 bridgehead atoms. The van der Waals surface area contributed by atoms with Crippen molar-refractivity contribution < 1.29 is 9.59 Å². The zero-order valence-corrected chi connectivity index (χ0v) is 24.2. The van der Waals surface area contributed by atoms with Crippen LogP contribution in [0.4, 0.5) is 10.5 Å². The van der Waals surface area contributed by atoms with Crippen LogP contribution in [0.1, 0.15) is 41.3 Å². The quantitative estimate of drug-likeness (QED) is 0.244. The number of piperidine rings is 1. The largest absolute Gasteiger partial charge is 0.346 e. The molecule has 1 atom stereocenters. The number of aryl methyl sites for hydroxylation is 1. The molecule has 9 nitrogen and oxygen atoms in total. The van der Waals surface area contributed by atoms with Crippen molar-refractivity contribution in [1.29, 1.82) is 0 Å². The highest BCUT2D eigenvalue weighted by Gasteiger charge is 2.32. The number of likely N-dealkylation sites (tertiary alicyclic amines) is 1. The molecule has 3 amide bonds. The third kappa shape index (κ3) is 5.68. The van der Waals surface area contributed by atoms with Gasteiger partial charge in [0, 0.05) is 42.1 Å². The van der Waals surface area contributed by atoms with E-state index in [0.29, 0.717) is 19.5 Å². The summed E-state index contributed by atoms with van der Waals surface area (Å²) < 4.78 is 0. The number of hydrogen-bond donors (Lipinski definition) is 3. The van der Waals surface area contributed by atoms with Gasteiger partial charge in [0.1, 0.15) is 0 Å². The van der Waals surface area contributed by atoms with E-state index in [1.807, 2.05) is 59.6 Å². The van der Waals surface area contributed by atoms with E-state index < -0.39 is 0 Å². The van der Waals surface area contributed by atoms with Crippen molar-refractivity contribution in [2.75, 3.05) is 25.0 Å². The average molecular weight is 574 g/mol. The summed E-state index contributed by atoms with van der Waals surface area (Å²) in [5, 5.41) is 15.7. The second-order valence-corrected chi connectivity index (χ2v) is 11.7. The number of urea groups is 1. The van der Waals surface area contributed by atoms with Crippen molar-refractivity contribution in [1.82, 2.24) is 30.3 Å². The lowest BCUT2D eigenvalue weighted by atomic mass is 9.98. The van der Waals surface area contributed by atoms with Crippen LogP contribution in [0, 0.1) is 6.92 Å². The van der Waals surface area contributed by atoms with Gasteiger partial charge in [-0.2, -0.15) is 5.10 Å². The van der Waals surface area contributed by atoms with Crippen molar-refractivity contribution >= 4 is 39.4 Å². The summed E-state index contributed by atoms with van der Waals surface area (Å²) in [4.78, 5) is 35.4. The number of nitrogens with one attached hydrogen (secondary N) is 3. The number of aromatic nitrogens is 3. The Morgan fingerprint density at radius 1 is 1.02 bits per heavy atom. The molecule has 4 heterocycles. The summed E-state index contributed by atoms with van der Waals surface area (Å²) in [6.07, 6.45) is 4.13. The number of pyridine rings is 1. The predicted octanol–water partition coefficient (Wildman–Crippen LogP) is 5.33. The highest BCUT2D eigenvalue weighted by atomic mass is 16.2. The van der Waals surface area contributed by atoms with E-state index in [-0.39, 0.29) is 24.0 Å². The van der Waals surface area contributed by atoms with Crippen molar-refractivity contribution in [2.45, 2.75) is 44.8 Å². The van der Waals surface area contributed by atoms with Gasteiger partial charge >= 0.3 is 6.03 Å². The molecular weight excluding hydrogens is 538 g/mol. The molecule has 0 aliphatic carbocycles. The molecule has 218 valence electrons. The summed E-state index contributed by atoms with van der Waals surface area (Å²) in [6, 6.07) is 24.2. The van der Waals surface area contributed by atoms with Crippen LogP contribution in [0.25, 0.3) is 21.8 Å². The second kappa shape index (κ2) is 11.5. The van der Waals surface area contributed by atoms with E-state index >= 15 is 0 Å². The van der Waals surface area contributed by atoms with Crippen LogP contribution in [0.2, 0.25) is 0 Å². The minimum atomic E-state index is -0.282. The Balaban J connectivity index is 1.03. The molecule has 0 saturated carbocycles. The maximum absolute atomic E-state index is 13.5. The molecular formula is C34H35N7O2. The Hall–Kier alpha value is -4.76. The standard InChI is InChI=1S/C34H35N7O2/c1-22-16-23(17-26-19-35-39-33(22)26)18-31(30-11-10-24-6-2-4-8-28(24)36-30)37-32(42)21-40-14-12-27(13-15-40)41-20-25-7-3-5-9-29(25)38-34(41)43/h2-11,16-17,19,27,31H,12-15,18,20-21H2,1H3,(H,35,39)(H,37,42)(H,38,43). The maximum atomic E-state index is 13.5. The molecule has 3 aromatic carbocycles. The summed E-state index contributed by atoms with van der Waals surface area (Å²) in [6.45, 7) is 4.53. The first-order chi connectivity index (χ1) is 21.0. The molecule has 1 unspecified atom stereocenters. The maximum Gasteiger partial charge on any atom is 0.322 e. The fourth-order valence-corrected chi connectivity index (χ4v) is 6.52. The summed E-state index contributed by atoms with van der Waals surface area (Å²) in [7, 11) is 0. The molecule has 7 rings (SSSR count). The third-order valence-electron chi connectivity index (χ3n) is 8.78. The zero-order valence-electron chi connectivity index (χ0n) is 24.2. The van der Waals surface area contributed by atoms with Crippen LogP contribution >= 0.6 is 0 Å². The van der Waals surface area contributed by atoms with Crippen molar-refractivity contribution in [3.63, 3.8) is 0 Å². The van der Waals surface area contributed by atoms with Gasteiger partial charge in [-0.25, -0.2) is 4.79 Å². The summed E-state index contributed by atoms with van der Waals surface area (Å²) >= 11 is 0. The van der Waals surface area contributed by atoms with Gasteiger partial charge in [0.2, 0.25) is 5.91 Å². The van der Waals surface area contributed by atoms with Crippen molar-refractivity contribution in [3.8, 4) is 0 Å². The van der Waals surface area contributed by atoms with Gasteiger partial charge < -0.3 is 15.5 Å².